The van der Waals surface area contributed by atoms with Gasteiger partial charge in [-0.3, -0.25) is 9.59 Å². The molecule has 1 fully saturated rings. The van der Waals surface area contributed by atoms with Crippen molar-refractivity contribution in [2.75, 3.05) is 32.7 Å². The number of nitrogens with one attached hydrogen (secondary N) is 2. The van der Waals surface area contributed by atoms with Crippen LogP contribution in [0.5, 0.6) is 0 Å². The van der Waals surface area contributed by atoms with Gasteiger partial charge in [-0.05, 0) is 24.8 Å². The van der Waals surface area contributed by atoms with Gasteiger partial charge in [0.1, 0.15) is 0 Å². The molecule has 0 radical (unpaired) electrons. The largest absolute Gasteiger partial charge is 0.388 e. The maximum atomic E-state index is 12.4. The normalized spacial score (nSPS) is 17.7. The number of aryl methyl sites for hydroxylation is 1. The Morgan fingerprint density at radius 2 is 1.88 bits per heavy atom. The van der Waals surface area contributed by atoms with Gasteiger partial charge in [0.25, 0.3) is 0 Å². The highest BCUT2D eigenvalue weighted by atomic mass is 16.2. The summed E-state index contributed by atoms with van der Waals surface area (Å²) in [6, 6.07) is 10.3. The molecule has 6 heteroatoms. The molecule has 0 aromatic heterocycles. The monoisotopic (exact) mass is 356 g/mol. The Hall–Kier alpha value is -2.50. The van der Waals surface area contributed by atoms with Crippen LogP contribution in [0.3, 0.4) is 0 Å². The standard InChI is InChI=1S/C20H28N4O2/c25-19(16-23-14-10-21-11-15-23)22-18-8-12-24(13-9-18)20(26)7-6-17-4-2-1-3-5-17/h1-5,10,14,18,21H,6-9,11-13,15-16H2,(H,22,25). The number of likely N-dealkylation sites (tertiary alicyclic amines) is 1. The van der Waals surface area contributed by atoms with Crippen molar-refractivity contribution in [1.29, 1.82) is 0 Å². The summed E-state index contributed by atoms with van der Waals surface area (Å²) in [6.45, 7) is 3.57. The summed E-state index contributed by atoms with van der Waals surface area (Å²) in [7, 11) is 0. The fourth-order valence-electron chi connectivity index (χ4n) is 3.44. The van der Waals surface area contributed by atoms with E-state index < -0.39 is 0 Å². The second-order valence-electron chi connectivity index (χ2n) is 6.95. The van der Waals surface area contributed by atoms with Crippen molar-refractivity contribution in [2.45, 2.75) is 31.7 Å². The van der Waals surface area contributed by atoms with E-state index in [2.05, 4.69) is 22.8 Å². The van der Waals surface area contributed by atoms with E-state index in [1.807, 2.05) is 40.4 Å². The predicted molar refractivity (Wildman–Crippen MR) is 101 cm³/mol. The Balaban J connectivity index is 1.35. The number of amides is 2. The van der Waals surface area contributed by atoms with E-state index in [4.69, 9.17) is 0 Å². The van der Waals surface area contributed by atoms with Crippen LogP contribution in [-0.2, 0) is 16.0 Å². The second-order valence-corrected chi connectivity index (χ2v) is 6.95. The molecule has 6 nitrogen and oxygen atoms in total. The average Bonchev–Trinajstić information content (AvgIpc) is 2.68. The van der Waals surface area contributed by atoms with Crippen molar-refractivity contribution in [3.05, 3.63) is 48.3 Å². The molecule has 0 atom stereocenters. The first-order chi connectivity index (χ1) is 12.7. The molecule has 3 rings (SSSR count). The molecule has 1 aromatic carbocycles. The summed E-state index contributed by atoms with van der Waals surface area (Å²) in [6.07, 6.45) is 6.79. The van der Waals surface area contributed by atoms with Crippen LogP contribution in [0.2, 0.25) is 0 Å². The highest BCUT2D eigenvalue weighted by Gasteiger charge is 2.24. The molecule has 2 N–H and O–H groups in total. The summed E-state index contributed by atoms with van der Waals surface area (Å²) in [4.78, 5) is 28.5. The molecule has 1 aromatic rings. The van der Waals surface area contributed by atoms with Gasteiger partial charge in [-0.25, -0.2) is 0 Å². The molecule has 140 valence electrons. The molecule has 26 heavy (non-hydrogen) atoms. The lowest BCUT2D eigenvalue weighted by Gasteiger charge is -2.33. The van der Waals surface area contributed by atoms with Gasteiger partial charge in [0.05, 0.1) is 6.54 Å². The summed E-state index contributed by atoms with van der Waals surface area (Å²) in [5.74, 6) is 0.273. The van der Waals surface area contributed by atoms with Crippen LogP contribution in [0.25, 0.3) is 0 Å². The third-order valence-electron chi connectivity index (χ3n) is 4.98. The Labute approximate surface area is 155 Å². The van der Waals surface area contributed by atoms with E-state index in [1.54, 1.807) is 0 Å². The second kappa shape index (κ2) is 9.27. The van der Waals surface area contributed by atoms with Gasteiger partial charge in [0.15, 0.2) is 0 Å². The first kappa shape index (κ1) is 18.3. The summed E-state index contributed by atoms with van der Waals surface area (Å²) in [5, 5.41) is 6.22. The number of benzene rings is 1. The van der Waals surface area contributed by atoms with Crippen molar-refractivity contribution in [2.24, 2.45) is 0 Å². The summed E-state index contributed by atoms with van der Waals surface area (Å²) >= 11 is 0. The van der Waals surface area contributed by atoms with Crippen LogP contribution in [0.1, 0.15) is 24.8 Å². The maximum absolute atomic E-state index is 12.4. The molecule has 0 aliphatic carbocycles. The molecule has 0 unspecified atom stereocenters. The van der Waals surface area contributed by atoms with Crippen LogP contribution in [-0.4, -0.2) is 60.4 Å². The highest BCUT2D eigenvalue weighted by molar-refractivity contribution is 5.79. The van der Waals surface area contributed by atoms with Crippen molar-refractivity contribution < 1.29 is 9.59 Å². The Bertz CT molecular complexity index is 624. The molecule has 2 aliphatic rings. The number of nitrogens with zero attached hydrogens (tertiary/aromatic N) is 2. The number of carbonyl (C=O) groups is 2. The zero-order valence-corrected chi connectivity index (χ0v) is 15.2. The van der Waals surface area contributed by atoms with Crippen molar-refractivity contribution in [1.82, 2.24) is 20.4 Å². The fourth-order valence-corrected chi connectivity index (χ4v) is 3.44. The lowest BCUT2D eigenvalue weighted by Crippen LogP contribution is -2.49. The zero-order chi connectivity index (χ0) is 18.2. The minimum Gasteiger partial charge on any atom is -0.388 e. The first-order valence-corrected chi connectivity index (χ1v) is 9.46. The molecule has 0 bridgehead atoms. The zero-order valence-electron chi connectivity index (χ0n) is 15.2. The van der Waals surface area contributed by atoms with Crippen molar-refractivity contribution >= 4 is 11.8 Å². The molecule has 0 spiro atoms. The molecule has 2 amide bonds. The van der Waals surface area contributed by atoms with Gasteiger partial charge in [-0.15, -0.1) is 0 Å². The SMILES string of the molecule is O=C(CN1C=CNCC1)NC1CCN(C(=O)CCc2ccccc2)CC1. The average molecular weight is 356 g/mol. The van der Waals surface area contributed by atoms with Gasteiger partial charge in [-0.1, -0.05) is 30.3 Å². The van der Waals surface area contributed by atoms with E-state index in [-0.39, 0.29) is 17.9 Å². The molecule has 0 saturated carbocycles. The summed E-state index contributed by atoms with van der Waals surface area (Å²) < 4.78 is 0. The summed E-state index contributed by atoms with van der Waals surface area (Å²) in [5.41, 5.74) is 1.20. The molecule has 2 aliphatic heterocycles. The number of hydrogen-bond acceptors (Lipinski definition) is 4. The molecule has 1 saturated heterocycles. The van der Waals surface area contributed by atoms with Gasteiger partial charge >= 0.3 is 0 Å². The predicted octanol–water partition coefficient (Wildman–Crippen LogP) is 1.10. The quantitative estimate of drug-likeness (QED) is 0.801. The van der Waals surface area contributed by atoms with Crippen LogP contribution < -0.4 is 10.6 Å². The number of rotatable bonds is 6. The van der Waals surface area contributed by atoms with Gasteiger partial charge in [-0.2, -0.15) is 0 Å². The van der Waals surface area contributed by atoms with Crippen molar-refractivity contribution in [3.63, 3.8) is 0 Å². The highest BCUT2D eigenvalue weighted by Crippen LogP contribution is 2.13. The minimum absolute atomic E-state index is 0.0606. The number of piperidine rings is 1. The lowest BCUT2D eigenvalue weighted by molar-refractivity contribution is -0.132. The van der Waals surface area contributed by atoms with Crippen LogP contribution in [0, 0.1) is 0 Å². The Kier molecular flexibility index (Phi) is 6.52. The van der Waals surface area contributed by atoms with E-state index in [0.29, 0.717) is 13.0 Å². The van der Waals surface area contributed by atoms with Crippen molar-refractivity contribution in [3.8, 4) is 0 Å². The van der Waals surface area contributed by atoms with Crippen LogP contribution in [0.4, 0.5) is 0 Å². The smallest absolute Gasteiger partial charge is 0.239 e. The number of hydrogen-bond donors (Lipinski definition) is 2. The fraction of sp³-hybridized carbons (Fsp3) is 0.500. The van der Waals surface area contributed by atoms with Crippen LogP contribution in [0.15, 0.2) is 42.7 Å². The van der Waals surface area contributed by atoms with Crippen LogP contribution >= 0.6 is 0 Å². The minimum atomic E-state index is 0.0606. The van der Waals surface area contributed by atoms with Gasteiger partial charge in [0, 0.05) is 51.0 Å². The number of carbonyl (C=O) groups excluding carboxylic acids is 2. The van der Waals surface area contributed by atoms with Gasteiger partial charge < -0.3 is 20.4 Å². The topological polar surface area (TPSA) is 64.7 Å². The Morgan fingerprint density at radius 3 is 2.58 bits per heavy atom. The molecular formula is C20H28N4O2. The van der Waals surface area contributed by atoms with Gasteiger partial charge in [0.2, 0.25) is 11.8 Å². The third kappa shape index (κ3) is 5.51. The maximum Gasteiger partial charge on any atom is 0.239 e. The van der Waals surface area contributed by atoms with E-state index in [1.165, 1.54) is 5.56 Å². The lowest BCUT2D eigenvalue weighted by atomic mass is 10.0. The van der Waals surface area contributed by atoms with E-state index >= 15 is 0 Å². The third-order valence-corrected chi connectivity index (χ3v) is 4.98. The molecular weight excluding hydrogens is 328 g/mol. The van der Waals surface area contributed by atoms with E-state index in [0.717, 1.165) is 45.4 Å². The first-order valence-electron chi connectivity index (χ1n) is 9.46. The van der Waals surface area contributed by atoms with E-state index in [9.17, 15) is 9.59 Å². The molecule has 2 heterocycles. The Morgan fingerprint density at radius 1 is 1.12 bits per heavy atom.